The molecule has 0 heterocycles. The van der Waals surface area contributed by atoms with E-state index in [1.54, 1.807) is 0 Å². The molecule has 0 saturated heterocycles. The maximum Gasteiger partial charge on any atom is 0.302 e. The molecule has 0 rings (SSSR count). The van der Waals surface area contributed by atoms with E-state index in [1.807, 2.05) is 13.8 Å². The van der Waals surface area contributed by atoms with Crippen molar-refractivity contribution < 1.29 is 33.3 Å². The predicted molar refractivity (Wildman–Crippen MR) is 83.6 cm³/mol. The van der Waals surface area contributed by atoms with Crippen molar-refractivity contribution in [3.05, 3.63) is 0 Å². The number of hydrogen-bond acceptors (Lipinski definition) is 7. The van der Waals surface area contributed by atoms with Crippen LogP contribution in [0.4, 0.5) is 0 Å². The molecule has 0 aliphatic carbocycles. The maximum absolute atomic E-state index is 10.7. The van der Waals surface area contributed by atoms with Crippen LogP contribution >= 0.6 is 0 Å². The van der Waals surface area contributed by atoms with Gasteiger partial charge in [-0.2, -0.15) is 0 Å². The van der Waals surface area contributed by atoms with Crippen LogP contribution in [0.2, 0.25) is 0 Å². The second-order valence-electron chi connectivity index (χ2n) is 5.69. The molecule has 0 saturated carbocycles. The fourth-order valence-corrected chi connectivity index (χ4v) is 1.70. The molecule has 0 aromatic carbocycles. The zero-order valence-electron chi connectivity index (χ0n) is 14.9. The normalized spacial score (nSPS) is 11.6. The topological polar surface area (TPSA) is 80.3 Å². The Hall–Kier alpha value is -1.18. The molecule has 0 radical (unpaired) electrons. The Kier molecular flexibility index (Phi) is 11.6. The van der Waals surface area contributed by atoms with E-state index in [4.69, 9.17) is 23.7 Å². The summed E-state index contributed by atoms with van der Waals surface area (Å²) >= 11 is 0. The molecule has 0 aromatic heterocycles. The van der Waals surface area contributed by atoms with Crippen LogP contribution in [0.3, 0.4) is 0 Å². The van der Waals surface area contributed by atoms with Crippen LogP contribution < -0.4 is 0 Å². The number of rotatable bonds is 13. The lowest BCUT2D eigenvalue weighted by molar-refractivity contribution is -0.325. The molecule has 0 fully saturated rings. The van der Waals surface area contributed by atoms with Gasteiger partial charge in [0.1, 0.15) is 13.2 Å². The fourth-order valence-electron chi connectivity index (χ4n) is 1.70. The van der Waals surface area contributed by atoms with E-state index < -0.39 is 12.1 Å². The van der Waals surface area contributed by atoms with Gasteiger partial charge in [-0.15, -0.1) is 0 Å². The van der Waals surface area contributed by atoms with Crippen molar-refractivity contribution in [2.75, 3.05) is 26.4 Å². The third-order valence-corrected chi connectivity index (χ3v) is 2.83. The van der Waals surface area contributed by atoms with Crippen molar-refractivity contribution in [2.45, 2.75) is 66.0 Å². The van der Waals surface area contributed by atoms with E-state index >= 15 is 0 Å². The number of carbonyl (C=O) groups is 2. The molecule has 136 valence electrons. The van der Waals surface area contributed by atoms with E-state index in [0.717, 1.165) is 19.3 Å². The molecule has 7 heteroatoms. The first kappa shape index (κ1) is 21.8. The fraction of sp³-hybridized carbons (Fsp3) is 0.875. The summed E-state index contributed by atoms with van der Waals surface area (Å²) in [5, 5.41) is 0. The summed E-state index contributed by atoms with van der Waals surface area (Å²) in [6.45, 7) is 8.33. The van der Waals surface area contributed by atoms with Gasteiger partial charge in [0.15, 0.2) is 0 Å². The first-order chi connectivity index (χ1) is 10.8. The highest BCUT2D eigenvalue weighted by molar-refractivity contribution is 5.66. The molecular formula is C16H30O7. The first-order valence-corrected chi connectivity index (χ1v) is 7.94. The Morgan fingerprint density at radius 2 is 1.39 bits per heavy atom. The number of carbonyl (C=O) groups excluding carboxylic acids is 2. The zero-order chi connectivity index (χ0) is 17.7. The van der Waals surface area contributed by atoms with E-state index in [-0.39, 0.29) is 38.4 Å². The standard InChI is InChI=1S/C16H30O7/c1-6-7-8-16(4,5)23-15(21-11-9-19-13(2)17)22-12-10-20-14(3)18/h15H,6-12H2,1-5H3. The van der Waals surface area contributed by atoms with Crippen molar-refractivity contribution in [1.82, 2.24) is 0 Å². The SMILES string of the molecule is CCCCC(C)(C)OC(OCCOC(C)=O)OCCOC(C)=O. The lowest BCUT2D eigenvalue weighted by Gasteiger charge is -2.30. The monoisotopic (exact) mass is 334 g/mol. The largest absolute Gasteiger partial charge is 0.463 e. The summed E-state index contributed by atoms with van der Waals surface area (Å²) in [4.78, 5) is 21.4. The summed E-state index contributed by atoms with van der Waals surface area (Å²) in [5.41, 5.74) is -0.413. The molecule has 0 aliphatic rings. The number of ether oxygens (including phenoxy) is 5. The van der Waals surface area contributed by atoms with Crippen LogP contribution in [-0.2, 0) is 33.3 Å². The average Bonchev–Trinajstić information content (AvgIpc) is 2.45. The Bertz CT molecular complexity index is 319. The Balaban J connectivity index is 4.28. The maximum atomic E-state index is 10.7. The molecule has 0 amide bonds. The van der Waals surface area contributed by atoms with E-state index in [9.17, 15) is 9.59 Å². The third-order valence-electron chi connectivity index (χ3n) is 2.83. The van der Waals surface area contributed by atoms with Crippen LogP contribution in [0.15, 0.2) is 0 Å². The van der Waals surface area contributed by atoms with Gasteiger partial charge in [-0.1, -0.05) is 19.8 Å². The molecule has 0 aliphatic heterocycles. The Morgan fingerprint density at radius 3 is 1.78 bits per heavy atom. The average molecular weight is 334 g/mol. The van der Waals surface area contributed by atoms with Crippen molar-refractivity contribution in [1.29, 1.82) is 0 Å². The van der Waals surface area contributed by atoms with Gasteiger partial charge < -0.3 is 23.7 Å². The molecule has 7 nitrogen and oxygen atoms in total. The summed E-state index contributed by atoms with van der Waals surface area (Å²) in [6.07, 6.45) is 2.96. The van der Waals surface area contributed by atoms with E-state index in [2.05, 4.69) is 6.92 Å². The lowest BCUT2D eigenvalue weighted by atomic mass is 10.0. The van der Waals surface area contributed by atoms with Crippen molar-refractivity contribution >= 4 is 11.9 Å². The number of esters is 2. The summed E-state index contributed by atoms with van der Waals surface area (Å²) in [5.74, 6) is -0.741. The van der Waals surface area contributed by atoms with Crippen LogP contribution in [-0.4, -0.2) is 50.4 Å². The zero-order valence-corrected chi connectivity index (χ0v) is 14.9. The molecule has 0 aromatic rings. The smallest absolute Gasteiger partial charge is 0.302 e. The highest BCUT2D eigenvalue weighted by atomic mass is 16.9. The van der Waals surface area contributed by atoms with Crippen molar-refractivity contribution in [3.63, 3.8) is 0 Å². The van der Waals surface area contributed by atoms with Gasteiger partial charge in [0.05, 0.1) is 18.8 Å². The van der Waals surface area contributed by atoms with Crippen LogP contribution in [0.1, 0.15) is 53.9 Å². The molecule has 0 spiro atoms. The molecule has 0 atom stereocenters. The van der Waals surface area contributed by atoms with Gasteiger partial charge in [0.25, 0.3) is 6.48 Å². The van der Waals surface area contributed by atoms with Crippen molar-refractivity contribution in [2.24, 2.45) is 0 Å². The molecule has 0 bridgehead atoms. The van der Waals surface area contributed by atoms with Crippen LogP contribution in [0.25, 0.3) is 0 Å². The molecule has 0 unspecified atom stereocenters. The Morgan fingerprint density at radius 1 is 0.913 bits per heavy atom. The quantitative estimate of drug-likeness (QED) is 0.291. The minimum atomic E-state index is -0.909. The van der Waals surface area contributed by atoms with E-state index in [0.29, 0.717) is 0 Å². The number of hydrogen-bond donors (Lipinski definition) is 0. The van der Waals surface area contributed by atoms with Gasteiger partial charge in [0.2, 0.25) is 0 Å². The number of unbranched alkanes of at least 4 members (excludes halogenated alkanes) is 1. The second-order valence-corrected chi connectivity index (χ2v) is 5.69. The summed E-state index contributed by atoms with van der Waals surface area (Å²) in [7, 11) is 0. The second kappa shape index (κ2) is 12.3. The van der Waals surface area contributed by atoms with Gasteiger partial charge in [-0.3, -0.25) is 9.59 Å². The van der Waals surface area contributed by atoms with Gasteiger partial charge >= 0.3 is 11.9 Å². The van der Waals surface area contributed by atoms with Crippen molar-refractivity contribution in [3.8, 4) is 0 Å². The predicted octanol–water partition coefficient (Wildman–Crippen LogP) is 2.41. The highest BCUT2D eigenvalue weighted by Gasteiger charge is 2.24. The first-order valence-electron chi connectivity index (χ1n) is 7.94. The van der Waals surface area contributed by atoms with Gasteiger partial charge in [-0.05, 0) is 20.3 Å². The van der Waals surface area contributed by atoms with E-state index in [1.165, 1.54) is 13.8 Å². The Labute approximate surface area is 138 Å². The van der Waals surface area contributed by atoms with Crippen LogP contribution in [0.5, 0.6) is 0 Å². The lowest BCUT2D eigenvalue weighted by Crippen LogP contribution is -2.35. The molecular weight excluding hydrogens is 304 g/mol. The minimum absolute atomic E-state index is 0.123. The highest BCUT2D eigenvalue weighted by Crippen LogP contribution is 2.21. The summed E-state index contributed by atoms with van der Waals surface area (Å²) in [6, 6.07) is 0. The van der Waals surface area contributed by atoms with Crippen LogP contribution in [0, 0.1) is 0 Å². The van der Waals surface area contributed by atoms with Gasteiger partial charge in [-0.25, -0.2) is 0 Å². The van der Waals surface area contributed by atoms with Gasteiger partial charge in [0, 0.05) is 13.8 Å². The molecule has 23 heavy (non-hydrogen) atoms. The summed E-state index contributed by atoms with van der Waals surface area (Å²) < 4.78 is 26.3. The third kappa shape index (κ3) is 14.2. The molecule has 0 N–H and O–H groups in total. The minimum Gasteiger partial charge on any atom is -0.463 e.